The molecule has 10 nitrogen and oxygen atoms in total. The third kappa shape index (κ3) is 6.19. The molecule has 1 aromatic carbocycles. The number of carbonyl (C=O) groups excluding carboxylic acids is 3. The summed E-state index contributed by atoms with van der Waals surface area (Å²) in [5, 5.41) is 20.4. The van der Waals surface area contributed by atoms with Gasteiger partial charge in [-0.15, -0.1) is 0 Å². The Hall–Kier alpha value is -3.66. The van der Waals surface area contributed by atoms with Gasteiger partial charge in [0.05, 0.1) is 30.8 Å². The second-order valence-corrected chi connectivity index (χ2v) is 7.85. The van der Waals surface area contributed by atoms with Gasteiger partial charge >= 0.3 is 0 Å². The van der Waals surface area contributed by atoms with Gasteiger partial charge in [-0.3, -0.25) is 24.3 Å². The van der Waals surface area contributed by atoms with Crippen LogP contribution in [0.4, 0.5) is 0 Å². The lowest BCUT2D eigenvalue weighted by Crippen LogP contribution is -2.42. The Balaban J connectivity index is 1.55. The predicted octanol–water partition coefficient (Wildman–Crippen LogP) is 2.68. The Morgan fingerprint density at radius 1 is 1.24 bits per heavy atom. The fraction of sp³-hybridized carbons (Fsp3) is 0.391. The highest BCUT2D eigenvalue weighted by atomic mass is 16.5. The first-order valence-electron chi connectivity index (χ1n) is 10.9. The number of aryl methyl sites for hydroxylation is 1. The number of nitrogens with one attached hydrogen (secondary N) is 2. The zero-order valence-corrected chi connectivity index (χ0v) is 18.8. The number of amides is 3. The summed E-state index contributed by atoms with van der Waals surface area (Å²) in [6.07, 6.45) is 5.31. The summed E-state index contributed by atoms with van der Waals surface area (Å²) < 4.78 is 7.46. The maximum atomic E-state index is 12.5. The van der Waals surface area contributed by atoms with Gasteiger partial charge in [-0.25, -0.2) is 5.06 Å². The topological polar surface area (TPSA) is 130 Å². The third-order valence-electron chi connectivity index (χ3n) is 5.43. The smallest absolute Gasteiger partial charge is 0.288 e. The molecule has 3 N–H and O–H groups in total. The first-order chi connectivity index (χ1) is 15.9. The van der Waals surface area contributed by atoms with Crippen LogP contribution in [0.1, 0.15) is 43.2 Å². The van der Waals surface area contributed by atoms with Crippen molar-refractivity contribution in [2.24, 2.45) is 13.0 Å². The van der Waals surface area contributed by atoms with Crippen molar-refractivity contribution in [3.63, 3.8) is 0 Å². The molecular weight excluding hydrogens is 426 g/mol. The monoisotopic (exact) mass is 455 g/mol. The number of hydroxylamine groups is 2. The fourth-order valence-corrected chi connectivity index (χ4v) is 3.57. The molecule has 0 saturated heterocycles. The molecule has 33 heavy (non-hydrogen) atoms. The molecule has 10 heteroatoms. The van der Waals surface area contributed by atoms with E-state index in [0.29, 0.717) is 17.2 Å². The number of hydrogen-bond acceptors (Lipinski definition) is 6. The van der Waals surface area contributed by atoms with Gasteiger partial charge in [-0.1, -0.05) is 38.3 Å². The van der Waals surface area contributed by atoms with Crippen LogP contribution in [-0.2, 0) is 16.6 Å². The molecule has 0 aliphatic carbocycles. The minimum Gasteiger partial charge on any atom is -0.451 e. The molecule has 0 saturated carbocycles. The first-order valence-corrected chi connectivity index (χ1v) is 10.9. The van der Waals surface area contributed by atoms with E-state index < -0.39 is 11.8 Å². The van der Waals surface area contributed by atoms with Gasteiger partial charge in [0.2, 0.25) is 12.3 Å². The lowest BCUT2D eigenvalue weighted by molar-refractivity contribution is -0.154. The Morgan fingerprint density at radius 3 is 2.82 bits per heavy atom. The van der Waals surface area contributed by atoms with Crippen molar-refractivity contribution >= 4 is 29.1 Å². The van der Waals surface area contributed by atoms with E-state index in [0.717, 1.165) is 35.7 Å². The minimum absolute atomic E-state index is 0.102. The van der Waals surface area contributed by atoms with Crippen LogP contribution >= 0.6 is 0 Å². The van der Waals surface area contributed by atoms with Gasteiger partial charge in [0.1, 0.15) is 5.76 Å². The van der Waals surface area contributed by atoms with Crippen LogP contribution in [0.15, 0.2) is 40.9 Å². The Labute approximate surface area is 191 Å². The van der Waals surface area contributed by atoms with E-state index in [4.69, 9.17) is 4.42 Å². The van der Waals surface area contributed by atoms with Gasteiger partial charge in [0, 0.05) is 18.0 Å². The van der Waals surface area contributed by atoms with E-state index in [1.165, 1.54) is 0 Å². The molecule has 0 bridgehead atoms. The number of carbonyl (C=O) groups is 3. The normalized spacial score (nSPS) is 11.8. The molecule has 1 atom stereocenters. The second kappa shape index (κ2) is 11.3. The van der Waals surface area contributed by atoms with Crippen LogP contribution in [0.3, 0.4) is 0 Å². The number of fused-ring (bicyclic) bond motifs is 1. The van der Waals surface area contributed by atoms with Gasteiger partial charge in [0.15, 0.2) is 5.76 Å². The van der Waals surface area contributed by atoms with Crippen LogP contribution in [0, 0.1) is 5.92 Å². The Morgan fingerprint density at radius 2 is 2.06 bits per heavy atom. The summed E-state index contributed by atoms with van der Waals surface area (Å²) in [5.41, 5.74) is 1.76. The van der Waals surface area contributed by atoms with Crippen molar-refractivity contribution in [3.05, 3.63) is 42.3 Å². The Bertz CT molecular complexity index is 1110. The highest BCUT2D eigenvalue weighted by Gasteiger charge is 2.21. The quantitative estimate of drug-likeness (QED) is 0.127. The minimum atomic E-state index is -0.569. The number of aromatic nitrogens is 2. The van der Waals surface area contributed by atoms with E-state index in [9.17, 15) is 19.6 Å². The van der Waals surface area contributed by atoms with E-state index >= 15 is 0 Å². The predicted molar refractivity (Wildman–Crippen MR) is 121 cm³/mol. The van der Waals surface area contributed by atoms with Crippen molar-refractivity contribution in [2.75, 3.05) is 13.2 Å². The zero-order valence-electron chi connectivity index (χ0n) is 18.8. The molecule has 2 aromatic heterocycles. The second-order valence-electron chi connectivity index (χ2n) is 7.85. The molecule has 1 unspecified atom stereocenters. The van der Waals surface area contributed by atoms with E-state index in [-0.39, 0.29) is 31.3 Å². The average molecular weight is 456 g/mol. The summed E-state index contributed by atoms with van der Waals surface area (Å²) in [4.78, 5) is 35.6. The standard InChI is InChI=1S/C23H29N5O5/c1-3-4-5-6-18(13-28(32)15-29)22(30)24-14-25-23(31)21-10-9-20(33-21)16-7-8-17-12-26-27(2)19(17)11-16/h7-12,15,18,32H,3-6,13-14H2,1-2H3,(H,24,30)(H,25,31). The number of unbranched alkanes of at least 4 members (excludes halogenated alkanes) is 2. The lowest BCUT2D eigenvalue weighted by Gasteiger charge is -2.19. The van der Waals surface area contributed by atoms with E-state index in [1.807, 2.05) is 32.2 Å². The first kappa shape index (κ1) is 24.0. The van der Waals surface area contributed by atoms with Crippen LogP contribution in [0.5, 0.6) is 0 Å². The maximum absolute atomic E-state index is 12.5. The van der Waals surface area contributed by atoms with Crippen molar-refractivity contribution < 1.29 is 24.0 Å². The molecule has 0 fully saturated rings. The van der Waals surface area contributed by atoms with Crippen molar-refractivity contribution in [3.8, 4) is 11.3 Å². The number of furan rings is 1. The maximum Gasteiger partial charge on any atom is 0.288 e. The molecule has 3 amide bonds. The van der Waals surface area contributed by atoms with Crippen LogP contribution in [0.25, 0.3) is 22.2 Å². The van der Waals surface area contributed by atoms with Crippen molar-refractivity contribution in [2.45, 2.75) is 32.6 Å². The SMILES string of the molecule is CCCCCC(CN(O)C=O)C(=O)NCNC(=O)c1ccc(-c2ccc3cnn(C)c3c2)o1. The number of nitrogens with zero attached hydrogens (tertiary/aromatic N) is 3. The van der Waals surface area contributed by atoms with Gasteiger partial charge in [0.25, 0.3) is 5.91 Å². The fourth-order valence-electron chi connectivity index (χ4n) is 3.57. The van der Waals surface area contributed by atoms with Gasteiger partial charge in [-0.05, 0) is 24.6 Å². The van der Waals surface area contributed by atoms with E-state index in [2.05, 4.69) is 15.7 Å². The Kier molecular flexibility index (Phi) is 8.20. The largest absolute Gasteiger partial charge is 0.451 e. The zero-order chi connectivity index (χ0) is 23.8. The van der Waals surface area contributed by atoms with Crippen LogP contribution < -0.4 is 10.6 Å². The number of benzene rings is 1. The van der Waals surface area contributed by atoms with E-state index in [1.54, 1.807) is 23.0 Å². The number of rotatable bonds is 12. The van der Waals surface area contributed by atoms with Crippen LogP contribution in [0.2, 0.25) is 0 Å². The summed E-state index contributed by atoms with van der Waals surface area (Å²) in [7, 11) is 1.85. The molecule has 0 spiro atoms. The summed E-state index contributed by atoms with van der Waals surface area (Å²) >= 11 is 0. The van der Waals surface area contributed by atoms with Crippen molar-refractivity contribution in [1.29, 1.82) is 0 Å². The molecule has 176 valence electrons. The molecule has 3 aromatic rings. The lowest BCUT2D eigenvalue weighted by atomic mass is 10.0. The average Bonchev–Trinajstić information content (AvgIpc) is 3.45. The molecular formula is C23H29N5O5. The third-order valence-corrected chi connectivity index (χ3v) is 5.43. The highest BCUT2D eigenvalue weighted by molar-refractivity contribution is 5.92. The summed E-state index contributed by atoms with van der Waals surface area (Å²) in [6.45, 7) is 1.84. The van der Waals surface area contributed by atoms with Crippen LogP contribution in [-0.4, -0.2) is 51.5 Å². The molecule has 3 rings (SSSR count). The molecule has 0 aliphatic heterocycles. The summed E-state index contributed by atoms with van der Waals surface area (Å²) in [5.74, 6) is -0.730. The van der Waals surface area contributed by atoms with Crippen molar-refractivity contribution in [1.82, 2.24) is 25.5 Å². The molecule has 2 heterocycles. The highest BCUT2D eigenvalue weighted by Crippen LogP contribution is 2.26. The van der Waals surface area contributed by atoms with Gasteiger partial charge in [-0.2, -0.15) is 5.10 Å². The summed E-state index contributed by atoms with van der Waals surface area (Å²) in [6, 6.07) is 9.05. The van der Waals surface area contributed by atoms with Gasteiger partial charge < -0.3 is 15.1 Å². The number of hydrogen-bond donors (Lipinski definition) is 3. The molecule has 0 radical (unpaired) electrons. The molecule has 0 aliphatic rings.